The lowest BCUT2D eigenvalue weighted by atomic mass is 10.1. The van der Waals surface area contributed by atoms with Crippen LogP contribution in [0.15, 0.2) is 18.2 Å². The summed E-state index contributed by atoms with van der Waals surface area (Å²) in [6.07, 6.45) is 2.07. The topological polar surface area (TPSA) is 52.0 Å². The third-order valence-corrected chi connectivity index (χ3v) is 2.50. The molecule has 0 amide bonds. The van der Waals surface area contributed by atoms with E-state index >= 15 is 0 Å². The number of hydrogen-bond acceptors (Lipinski definition) is 2. The van der Waals surface area contributed by atoms with Crippen molar-refractivity contribution in [3.63, 3.8) is 0 Å². The zero-order chi connectivity index (χ0) is 8.77. The predicted octanol–water partition coefficient (Wildman–Crippen LogP) is 1.87. The van der Waals surface area contributed by atoms with Crippen LogP contribution in [0.3, 0.4) is 0 Å². The number of nitrogens with two attached hydrogens (primary N) is 2. The van der Waals surface area contributed by atoms with Crippen molar-refractivity contribution < 1.29 is 0 Å². The molecule has 2 rings (SSSR count). The maximum atomic E-state index is 5.99. The van der Waals surface area contributed by atoms with Gasteiger partial charge >= 0.3 is 0 Å². The largest absolute Gasteiger partial charge is 0.399 e. The molecule has 3 heteroatoms. The molecule has 0 aliphatic heterocycles. The van der Waals surface area contributed by atoms with Gasteiger partial charge in [0, 0.05) is 16.2 Å². The maximum Gasteiger partial charge on any atom is 0.0429 e. The van der Waals surface area contributed by atoms with E-state index in [2.05, 4.69) is 0 Å². The Hall–Kier alpha value is -0.730. The highest BCUT2D eigenvalue weighted by atomic mass is 35.5. The van der Waals surface area contributed by atoms with Crippen LogP contribution in [0.4, 0.5) is 5.69 Å². The Labute approximate surface area is 76.5 Å². The van der Waals surface area contributed by atoms with Crippen LogP contribution in [0, 0.1) is 0 Å². The smallest absolute Gasteiger partial charge is 0.0429 e. The van der Waals surface area contributed by atoms with Gasteiger partial charge in [-0.3, -0.25) is 0 Å². The van der Waals surface area contributed by atoms with Gasteiger partial charge < -0.3 is 11.5 Å². The minimum atomic E-state index is -0.140. The number of benzene rings is 1. The fourth-order valence-electron chi connectivity index (χ4n) is 1.32. The minimum absolute atomic E-state index is 0.140. The summed E-state index contributed by atoms with van der Waals surface area (Å²) in [5.41, 5.74) is 13.2. The monoisotopic (exact) mass is 182 g/mol. The van der Waals surface area contributed by atoms with E-state index in [-0.39, 0.29) is 5.54 Å². The molecule has 1 aromatic rings. The van der Waals surface area contributed by atoms with E-state index in [0.717, 1.165) is 18.4 Å². The average Bonchev–Trinajstić information content (AvgIpc) is 2.67. The van der Waals surface area contributed by atoms with Crippen molar-refractivity contribution in [3.8, 4) is 0 Å². The zero-order valence-corrected chi connectivity index (χ0v) is 7.43. The first kappa shape index (κ1) is 7.90. The summed E-state index contributed by atoms with van der Waals surface area (Å²) < 4.78 is 0. The van der Waals surface area contributed by atoms with E-state index < -0.39 is 0 Å². The van der Waals surface area contributed by atoms with E-state index in [9.17, 15) is 0 Å². The molecule has 0 aromatic heterocycles. The Balaban J connectivity index is 2.44. The molecule has 64 valence electrons. The summed E-state index contributed by atoms with van der Waals surface area (Å²) in [6.45, 7) is 0. The summed E-state index contributed by atoms with van der Waals surface area (Å²) in [4.78, 5) is 0. The molecule has 1 aliphatic carbocycles. The van der Waals surface area contributed by atoms with Crippen molar-refractivity contribution in [2.45, 2.75) is 18.4 Å². The van der Waals surface area contributed by atoms with Gasteiger partial charge in [-0.15, -0.1) is 0 Å². The number of hydrogen-bond donors (Lipinski definition) is 2. The second kappa shape index (κ2) is 2.38. The minimum Gasteiger partial charge on any atom is -0.399 e. The highest BCUT2D eigenvalue weighted by Crippen LogP contribution is 2.43. The zero-order valence-electron chi connectivity index (χ0n) is 6.68. The van der Waals surface area contributed by atoms with Crippen molar-refractivity contribution in [3.05, 3.63) is 28.8 Å². The SMILES string of the molecule is Nc1cc(Cl)cc(C2(N)CC2)c1. The summed E-state index contributed by atoms with van der Waals surface area (Å²) >= 11 is 5.85. The van der Waals surface area contributed by atoms with Crippen LogP contribution < -0.4 is 11.5 Å². The molecule has 0 atom stereocenters. The van der Waals surface area contributed by atoms with Gasteiger partial charge in [0.1, 0.15) is 0 Å². The summed E-state index contributed by atoms with van der Waals surface area (Å²) in [7, 11) is 0. The van der Waals surface area contributed by atoms with Crippen molar-refractivity contribution in [1.82, 2.24) is 0 Å². The van der Waals surface area contributed by atoms with Crippen LogP contribution >= 0.6 is 11.6 Å². The molecule has 1 saturated carbocycles. The van der Waals surface area contributed by atoms with Crippen molar-refractivity contribution in [1.29, 1.82) is 0 Å². The predicted molar refractivity (Wildman–Crippen MR) is 51.0 cm³/mol. The molecule has 12 heavy (non-hydrogen) atoms. The fourth-order valence-corrected chi connectivity index (χ4v) is 1.57. The van der Waals surface area contributed by atoms with Gasteiger partial charge in [-0.1, -0.05) is 11.6 Å². The van der Waals surface area contributed by atoms with Crippen LogP contribution in [0.5, 0.6) is 0 Å². The second-order valence-electron chi connectivity index (χ2n) is 3.43. The number of halogens is 1. The molecule has 1 aromatic carbocycles. The van der Waals surface area contributed by atoms with Crippen molar-refractivity contribution in [2.24, 2.45) is 5.73 Å². The van der Waals surface area contributed by atoms with Crippen molar-refractivity contribution >= 4 is 17.3 Å². The second-order valence-corrected chi connectivity index (χ2v) is 3.87. The lowest BCUT2D eigenvalue weighted by Gasteiger charge is -2.09. The molecule has 0 saturated heterocycles. The lowest BCUT2D eigenvalue weighted by Crippen LogP contribution is -2.18. The van der Waals surface area contributed by atoms with Gasteiger partial charge in [0.05, 0.1) is 0 Å². The van der Waals surface area contributed by atoms with Gasteiger partial charge in [0.15, 0.2) is 0 Å². The first-order valence-corrected chi connectivity index (χ1v) is 4.33. The third-order valence-electron chi connectivity index (χ3n) is 2.28. The molecule has 0 heterocycles. The normalized spacial score (nSPS) is 19.2. The number of anilines is 1. The Morgan fingerprint density at radius 1 is 1.25 bits per heavy atom. The molecular formula is C9H11ClN2. The summed E-state index contributed by atoms with van der Waals surface area (Å²) in [5, 5.41) is 0.668. The molecule has 0 unspecified atom stereocenters. The molecule has 1 fully saturated rings. The molecule has 2 nitrogen and oxygen atoms in total. The van der Waals surface area contributed by atoms with Gasteiger partial charge in [-0.05, 0) is 36.6 Å². The Bertz CT molecular complexity index is 298. The average molecular weight is 183 g/mol. The van der Waals surface area contributed by atoms with Gasteiger partial charge in [0.25, 0.3) is 0 Å². The van der Waals surface area contributed by atoms with Gasteiger partial charge in [0.2, 0.25) is 0 Å². The first-order valence-electron chi connectivity index (χ1n) is 3.96. The van der Waals surface area contributed by atoms with E-state index in [4.69, 9.17) is 23.1 Å². The van der Waals surface area contributed by atoms with Gasteiger partial charge in [-0.2, -0.15) is 0 Å². The molecule has 0 spiro atoms. The molecule has 0 bridgehead atoms. The Kier molecular flexibility index (Phi) is 1.56. The summed E-state index contributed by atoms with van der Waals surface area (Å²) in [6, 6.07) is 5.53. The summed E-state index contributed by atoms with van der Waals surface area (Å²) in [5.74, 6) is 0. The molecule has 0 radical (unpaired) electrons. The van der Waals surface area contributed by atoms with Crippen LogP contribution in [-0.2, 0) is 5.54 Å². The number of rotatable bonds is 1. The van der Waals surface area contributed by atoms with Crippen molar-refractivity contribution in [2.75, 3.05) is 5.73 Å². The molecule has 1 aliphatic rings. The fraction of sp³-hybridized carbons (Fsp3) is 0.333. The standard InChI is InChI=1S/C9H11ClN2/c10-7-3-6(4-8(11)5-7)9(12)1-2-9/h3-5H,1-2,11-12H2. The molecule has 4 N–H and O–H groups in total. The van der Waals surface area contributed by atoms with E-state index in [1.165, 1.54) is 0 Å². The Morgan fingerprint density at radius 3 is 2.42 bits per heavy atom. The van der Waals surface area contributed by atoms with Crippen LogP contribution in [0.2, 0.25) is 5.02 Å². The number of nitrogen functional groups attached to an aromatic ring is 1. The third kappa shape index (κ3) is 1.28. The first-order chi connectivity index (χ1) is 5.60. The Morgan fingerprint density at radius 2 is 1.92 bits per heavy atom. The van der Waals surface area contributed by atoms with Crippen LogP contribution in [0.1, 0.15) is 18.4 Å². The van der Waals surface area contributed by atoms with E-state index in [0.29, 0.717) is 10.7 Å². The van der Waals surface area contributed by atoms with E-state index in [1.54, 1.807) is 6.07 Å². The highest BCUT2D eigenvalue weighted by Gasteiger charge is 2.40. The van der Waals surface area contributed by atoms with Crippen LogP contribution in [-0.4, -0.2) is 0 Å². The van der Waals surface area contributed by atoms with Gasteiger partial charge in [-0.25, -0.2) is 0 Å². The molecular weight excluding hydrogens is 172 g/mol. The lowest BCUT2D eigenvalue weighted by molar-refractivity contribution is 0.740. The van der Waals surface area contributed by atoms with E-state index in [1.807, 2.05) is 12.1 Å². The quantitative estimate of drug-likeness (QED) is 0.652. The van der Waals surface area contributed by atoms with Crippen LogP contribution in [0.25, 0.3) is 0 Å². The highest BCUT2D eigenvalue weighted by molar-refractivity contribution is 6.30. The maximum absolute atomic E-state index is 5.99.